The smallest absolute Gasteiger partial charge is 0.243 e. The van der Waals surface area contributed by atoms with Crippen LogP contribution in [-0.2, 0) is 23.1 Å². The van der Waals surface area contributed by atoms with Crippen LogP contribution in [0.2, 0.25) is 0 Å². The van der Waals surface area contributed by atoms with Gasteiger partial charge in [-0.2, -0.15) is 4.31 Å². The summed E-state index contributed by atoms with van der Waals surface area (Å²) in [5.74, 6) is 0.511. The Kier molecular flexibility index (Phi) is 4.31. The van der Waals surface area contributed by atoms with E-state index in [1.807, 2.05) is 0 Å². The summed E-state index contributed by atoms with van der Waals surface area (Å²) in [5, 5.41) is 0. The van der Waals surface area contributed by atoms with Crippen LogP contribution in [0.1, 0.15) is 11.5 Å². The van der Waals surface area contributed by atoms with E-state index in [1.165, 1.54) is 29.0 Å². The van der Waals surface area contributed by atoms with Gasteiger partial charge in [0.05, 0.1) is 30.5 Å². The van der Waals surface area contributed by atoms with Gasteiger partial charge in [-0.25, -0.2) is 12.8 Å². The Balaban J connectivity index is 1.93. The van der Waals surface area contributed by atoms with Gasteiger partial charge >= 0.3 is 0 Å². The van der Waals surface area contributed by atoms with E-state index in [0.717, 1.165) is 12.1 Å². The second-order valence-corrected chi connectivity index (χ2v) is 6.82. The van der Waals surface area contributed by atoms with Gasteiger partial charge < -0.3 is 8.83 Å². The third-order valence-corrected chi connectivity index (χ3v) is 5.08. The van der Waals surface area contributed by atoms with Gasteiger partial charge in [0.1, 0.15) is 17.3 Å². The van der Waals surface area contributed by atoms with Crippen LogP contribution in [0, 0.1) is 5.82 Å². The molecule has 120 valence electrons. The SMILES string of the molecule is O=S(=O)(c1ccc(F)cc1)N(Cc1ccco1)Cc1ccco1. The second kappa shape index (κ2) is 6.39. The van der Waals surface area contributed by atoms with E-state index in [0.29, 0.717) is 11.5 Å². The average Bonchev–Trinajstić information content (AvgIpc) is 3.20. The third-order valence-electron chi connectivity index (χ3n) is 3.28. The Morgan fingerprint density at radius 3 is 1.83 bits per heavy atom. The number of hydrogen-bond donors (Lipinski definition) is 0. The van der Waals surface area contributed by atoms with Gasteiger partial charge in [0.25, 0.3) is 0 Å². The van der Waals surface area contributed by atoms with Crippen LogP contribution >= 0.6 is 0 Å². The lowest BCUT2D eigenvalue weighted by atomic mass is 10.4. The minimum Gasteiger partial charge on any atom is -0.468 e. The number of nitrogens with zero attached hydrogens (tertiary/aromatic N) is 1. The number of furan rings is 2. The van der Waals surface area contributed by atoms with Gasteiger partial charge in [0.2, 0.25) is 10.0 Å². The highest BCUT2D eigenvalue weighted by atomic mass is 32.2. The maximum absolute atomic E-state index is 13.0. The molecule has 1 aromatic carbocycles. The molecule has 0 fully saturated rings. The van der Waals surface area contributed by atoms with Crippen LogP contribution < -0.4 is 0 Å². The molecule has 0 atom stereocenters. The molecule has 3 rings (SSSR count). The molecule has 0 aliphatic carbocycles. The second-order valence-electron chi connectivity index (χ2n) is 4.89. The van der Waals surface area contributed by atoms with E-state index < -0.39 is 15.8 Å². The summed E-state index contributed by atoms with van der Waals surface area (Å²) in [4.78, 5) is 0.0111. The van der Waals surface area contributed by atoms with Crippen molar-refractivity contribution >= 4 is 10.0 Å². The van der Waals surface area contributed by atoms with Crippen molar-refractivity contribution in [3.8, 4) is 0 Å². The Bertz CT molecular complexity index is 804. The molecular formula is C16H14FNO4S. The number of hydrogen-bond acceptors (Lipinski definition) is 4. The first kappa shape index (κ1) is 15.5. The van der Waals surface area contributed by atoms with Crippen LogP contribution in [0.15, 0.2) is 74.8 Å². The topological polar surface area (TPSA) is 63.7 Å². The fourth-order valence-electron chi connectivity index (χ4n) is 2.13. The Hall–Kier alpha value is -2.38. The summed E-state index contributed by atoms with van der Waals surface area (Å²) in [6.45, 7) is 0.0980. The van der Waals surface area contributed by atoms with E-state index in [2.05, 4.69) is 0 Å². The number of sulfonamides is 1. The van der Waals surface area contributed by atoms with Crippen LogP contribution in [0.3, 0.4) is 0 Å². The molecule has 0 spiro atoms. The Morgan fingerprint density at radius 2 is 1.39 bits per heavy atom. The van der Waals surface area contributed by atoms with Crippen molar-refractivity contribution in [1.82, 2.24) is 4.31 Å². The molecule has 0 aliphatic rings. The molecule has 23 heavy (non-hydrogen) atoms. The Morgan fingerprint density at radius 1 is 0.870 bits per heavy atom. The van der Waals surface area contributed by atoms with E-state index in [9.17, 15) is 12.8 Å². The van der Waals surface area contributed by atoms with Crippen molar-refractivity contribution in [3.63, 3.8) is 0 Å². The van der Waals surface area contributed by atoms with Gasteiger partial charge in [-0.3, -0.25) is 0 Å². The van der Waals surface area contributed by atoms with Crippen molar-refractivity contribution in [2.75, 3.05) is 0 Å². The molecule has 0 saturated heterocycles. The molecule has 0 unspecified atom stereocenters. The zero-order valence-corrected chi connectivity index (χ0v) is 12.9. The largest absolute Gasteiger partial charge is 0.468 e. The summed E-state index contributed by atoms with van der Waals surface area (Å²) >= 11 is 0. The van der Waals surface area contributed by atoms with E-state index >= 15 is 0 Å². The number of rotatable bonds is 6. The molecule has 0 aliphatic heterocycles. The van der Waals surface area contributed by atoms with Gasteiger partial charge in [-0.15, -0.1) is 0 Å². The molecule has 3 aromatic rings. The molecule has 0 radical (unpaired) electrons. The van der Waals surface area contributed by atoms with E-state index in [4.69, 9.17) is 8.83 Å². The monoisotopic (exact) mass is 335 g/mol. The minimum absolute atomic E-state index is 0.0111. The van der Waals surface area contributed by atoms with Crippen LogP contribution in [0.25, 0.3) is 0 Å². The van der Waals surface area contributed by atoms with Gasteiger partial charge in [0, 0.05) is 0 Å². The average molecular weight is 335 g/mol. The lowest BCUT2D eigenvalue weighted by molar-refractivity contribution is 0.330. The predicted octanol–water partition coefficient (Wildman–Crippen LogP) is 3.40. The summed E-state index contributed by atoms with van der Waals surface area (Å²) < 4.78 is 50.4. The summed E-state index contributed by atoms with van der Waals surface area (Å²) in [5.41, 5.74) is 0. The van der Waals surface area contributed by atoms with E-state index in [1.54, 1.807) is 24.3 Å². The zero-order chi connectivity index (χ0) is 16.3. The van der Waals surface area contributed by atoms with Crippen molar-refractivity contribution < 1.29 is 21.6 Å². The van der Waals surface area contributed by atoms with E-state index in [-0.39, 0.29) is 18.0 Å². The number of halogens is 1. The fraction of sp³-hybridized carbons (Fsp3) is 0.125. The molecule has 0 saturated carbocycles. The van der Waals surface area contributed by atoms with Crippen LogP contribution in [0.5, 0.6) is 0 Å². The maximum Gasteiger partial charge on any atom is 0.243 e. The van der Waals surface area contributed by atoms with Gasteiger partial charge in [-0.1, -0.05) is 0 Å². The highest BCUT2D eigenvalue weighted by Gasteiger charge is 2.26. The third kappa shape index (κ3) is 3.52. The molecular weight excluding hydrogens is 321 g/mol. The minimum atomic E-state index is -3.82. The molecule has 0 amide bonds. The van der Waals surface area contributed by atoms with Crippen LogP contribution in [0.4, 0.5) is 4.39 Å². The maximum atomic E-state index is 13.0. The summed E-state index contributed by atoms with van der Waals surface area (Å²) in [6, 6.07) is 11.5. The van der Waals surface area contributed by atoms with Crippen molar-refractivity contribution in [3.05, 3.63) is 78.4 Å². The van der Waals surface area contributed by atoms with Crippen molar-refractivity contribution in [2.45, 2.75) is 18.0 Å². The van der Waals surface area contributed by atoms with Gasteiger partial charge in [-0.05, 0) is 48.5 Å². The molecule has 5 nitrogen and oxygen atoms in total. The molecule has 2 aromatic heterocycles. The molecule has 7 heteroatoms. The lowest BCUT2D eigenvalue weighted by Crippen LogP contribution is -2.30. The predicted molar refractivity (Wildman–Crippen MR) is 80.2 cm³/mol. The summed E-state index contributed by atoms with van der Waals surface area (Å²) in [7, 11) is -3.82. The first-order valence-electron chi connectivity index (χ1n) is 6.86. The lowest BCUT2D eigenvalue weighted by Gasteiger charge is -2.20. The summed E-state index contributed by atoms with van der Waals surface area (Å²) in [6.07, 6.45) is 2.95. The quantitative estimate of drug-likeness (QED) is 0.692. The fourth-order valence-corrected chi connectivity index (χ4v) is 3.51. The first-order chi connectivity index (χ1) is 11.1. The van der Waals surface area contributed by atoms with Gasteiger partial charge in [0.15, 0.2) is 0 Å². The normalized spacial score (nSPS) is 11.9. The molecule has 2 heterocycles. The standard InChI is InChI=1S/C16H14FNO4S/c17-13-5-7-16(8-6-13)23(19,20)18(11-14-3-1-9-21-14)12-15-4-2-10-22-15/h1-10H,11-12H2. The Labute approximate surface area is 133 Å². The highest BCUT2D eigenvalue weighted by molar-refractivity contribution is 7.89. The molecule has 0 N–H and O–H groups in total. The number of benzene rings is 1. The first-order valence-corrected chi connectivity index (χ1v) is 8.30. The van der Waals surface area contributed by atoms with Crippen molar-refractivity contribution in [1.29, 1.82) is 0 Å². The zero-order valence-electron chi connectivity index (χ0n) is 12.1. The molecule has 0 bridgehead atoms. The highest BCUT2D eigenvalue weighted by Crippen LogP contribution is 2.21. The van der Waals surface area contributed by atoms with Crippen molar-refractivity contribution in [2.24, 2.45) is 0 Å². The van der Waals surface area contributed by atoms with Crippen LogP contribution in [-0.4, -0.2) is 12.7 Å².